The maximum Gasteiger partial charge on any atom is 0.387 e. The van der Waals surface area contributed by atoms with Crippen LogP contribution in [0.5, 0.6) is 17.2 Å². The zero-order chi connectivity index (χ0) is 22.2. The van der Waals surface area contributed by atoms with Crippen LogP contribution in [-0.4, -0.2) is 42.9 Å². The quantitative estimate of drug-likeness (QED) is 0.436. The smallest absolute Gasteiger partial charge is 0.387 e. The Balaban J connectivity index is 1.70. The van der Waals surface area contributed by atoms with E-state index in [1.165, 1.54) is 57.1 Å². The predicted molar refractivity (Wildman–Crippen MR) is 109 cm³/mol. The number of aromatic nitrogens is 2. The molecule has 3 rings (SSSR count). The van der Waals surface area contributed by atoms with Crippen molar-refractivity contribution in [2.75, 3.05) is 14.2 Å². The van der Waals surface area contributed by atoms with Gasteiger partial charge in [0.2, 0.25) is 0 Å². The summed E-state index contributed by atoms with van der Waals surface area (Å²) in [6.45, 7) is -2.91. The van der Waals surface area contributed by atoms with Gasteiger partial charge in [0.1, 0.15) is 22.9 Å². The molecule has 1 aromatic heterocycles. The number of methoxy groups -OCH3 is 2. The van der Waals surface area contributed by atoms with Crippen LogP contribution in [0.1, 0.15) is 16.1 Å². The van der Waals surface area contributed by atoms with E-state index in [0.717, 1.165) is 0 Å². The van der Waals surface area contributed by atoms with Crippen LogP contribution < -0.4 is 19.6 Å². The van der Waals surface area contributed by atoms with Crippen LogP contribution in [-0.2, 0) is 0 Å². The lowest BCUT2D eigenvalue weighted by atomic mass is 10.1. The van der Waals surface area contributed by atoms with Gasteiger partial charge in [-0.05, 0) is 36.4 Å². The second-order valence-corrected chi connectivity index (χ2v) is 6.04. The molecule has 0 aliphatic heterocycles. The third-order valence-corrected chi connectivity index (χ3v) is 4.00. The van der Waals surface area contributed by atoms with Crippen LogP contribution in [0.3, 0.4) is 0 Å². The van der Waals surface area contributed by atoms with Gasteiger partial charge in [-0.25, -0.2) is 10.4 Å². The van der Waals surface area contributed by atoms with Gasteiger partial charge >= 0.3 is 6.61 Å². The lowest BCUT2D eigenvalue weighted by Gasteiger charge is -2.06. The number of carbonyl (C=O) groups is 1. The van der Waals surface area contributed by atoms with Crippen LogP contribution in [0.15, 0.2) is 60.0 Å². The number of carbonyl (C=O) groups excluding carboxylic acids is 1. The highest BCUT2D eigenvalue weighted by molar-refractivity contribution is 5.93. The fourth-order valence-corrected chi connectivity index (χ4v) is 2.55. The van der Waals surface area contributed by atoms with Crippen LogP contribution in [0.4, 0.5) is 8.78 Å². The summed E-state index contributed by atoms with van der Waals surface area (Å²) in [7, 11) is 3.06. The molecule has 3 aromatic rings. The molecule has 0 fully saturated rings. The van der Waals surface area contributed by atoms with Gasteiger partial charge in [0.15, 0.2) is 0 Å². The number of alkyl halides is 2. The molecule has 0 radical (unpaired) electrons. The molecule has 0 saturated carbocycles. The second-order valence-electron chi connectivity index (χ2n) is 6.04. The molecule has 1 N–H and O–H groups in total. The van der Waals surface area contributed by atoms with Gasteiger partial charge in [-0.3, -0.25) is 9.78 Å². The van der Waals surface area contributed by atoms with Gasteiger partial charge in [-0.15, -0.1) is 0 Å². The molecule has 0 spiro atoms. The summed E-state index contributed by atoms with van der Waals surface area (Å²) in [6, 6.07) is 11.0. The second kappa shape index (κ2) is 10.1. The molecule has 8 nitrogen and oxygen atoms in total. The molecule has 160 valence electrons. The highest BCUT2D eigenvalue weighted by Gasteiger charge is 2.10. The lowest BCUT2D eigenvalue weighted by Crippen LogP contribution is -2.19. The number of benzene rings is 2. The fraction of sp³-hybridized carbons (Fsp3) is 0.143. The molecular formula is C21H18F2N4O4. The minimum Gasteiger partial charge on any atom is -0.497 e. The number of hydrogen-bond donors (Lipinski definition) is 1. The number of ether oxygens (including phenoxy) is 3. The summed E-state index contributed by atoms with van der Waals surface area (Å²) in [6.07, 6.45) is 4.17. The van der Waals surface area contributed by atoms with Crippen molar-refractivity contribution in [3.8, 4) is 28.5 Å². The number of halogens is 2. The van der Waals surface area contributed by atoms with Crippen molar-refractivity contribution in [2.24, 2.45) is 5.10 Å². The van der Waals surface area contributed by atoms with E-state index in [4.69, 9.17) is 9.47 Å². The minimum absolute atomic E-state index is 0.0177. The van der Waals surface area contributed by atoms with Gasteiger partial charge in [-0.1, -0.05) is 0 Å². The lowest BCUT2D eigenvalue weighted by molar-refractivity contribution is -0.0498. The number of nitrogens with one attached hydrogen (secondary N) is 1. The van der Waals surface area contributed by atoms with Crippen molar-refractivity contribution < 1.29 is 27.8 Å². The topological polar surface area (TPSA) is 94.9 Å². The maximum atomic E-state index is 12.4. The number of hydrogen-bond acceptors (Lipinski definition) is 7. The third kappa shape index (κ3) is 5.95. The first kappa shape index (κ1) is 21.6. The molecule has 0 unspecified atom stereocenters. The monoisotopic (exact) mass is 428 g/mol. The Kier molecular flexibility index (Phi) is 7.05. The zero-order valence-electron chi connectivity index (χ0n) is 16.6. The van der Waals surface area contributed by atoms with E-state index in [2.05, 4.69) is 25.2 Å². The highest BCUT2D eigenvalue weighted by Crippen LogP contribution is 2.22. The average molecular weight is 428 g/mol. The molecule has 1 heterocycles. The number of hydrazone groups is 1. The van der Waals surface area contributed by atoms with Crippen molar-refractivity contribution >= 4 is 12.1 Å². The first-order chi connectivity index (χ1) is 15.0. The van der Waals surface area contributed by atoms with Crippen molar-refractivity contribution in [1.82, 2.24) is 15.4 Å². The molecule has 10 heteroatoms. The van der Waals surface area contributed by atoms with E-state index < -0.39 is 12.5 Å². The Hall–Kier alpha value is -4.08. The van der Waals surface area contributed by atoms with Gasteiger partial charge in [0.05, 0.1) is 38.5 Å². The Labute approximate surface area is 176 Å². The molecule has 0 bridgehead atoms. The standard InChI is InChI=1S/C21H18F2N4O4/c1-29-16-7-13(8-17(9-16)30-2)10-25-27-20(28)19-12-24-11-18(26-19)14-3-5-15(6-4-14)31-21(22)23/h3-12,21H,1-2H3,(H,27,28)/b25-10+. The Morgan fingerprint density at radius 1 is 1.03 bits per heavy atom. The van der Waals surface area contributed by atoms with Crippen molar-refractivity contribution in [3.63, 3.8) is 0 Å². The van der Waals surface area contributed by atoms with E-state index in [1.54, 1.807) is 18.2 Å². The molecule has 2 aromatic carbocycles. The minimum atomic E-state index is -2.91. The summed E-state index contributed by atoms with van der Waals surface area (Å²) in [4.78, 5) is 20.6. The summed E-state index contributed by atoms with van der Waals surface area (Å²) in [5.41, 5.74) is 4.03. The van der Waals surface area contributed by atoms with Crippen LogP contribution >= 0.6 is 0 Å². The maximum absolute atomic E-state index is 12.4. The number of nitrogens with zero attached hydrogens (tertiary/aromatic N) is 3. The van der Waals surface area contributed by atoms with Gasteiger partial charge in [0.25, 0.3) is 5.91 Å². The van der Waals surface area contributed by atoms with E-state index >= 15 is 0 Å². The van der Waals surface area contributed by atoms with Crippen LogP contribution in [0.25, 0.3) is 11.3 Å². The van der Waals surface area contributed by atoms with Crippen molar-refractivity contribution in [3.05, 3.63) is 66.1 Å². The molecule has 0 saturated heterocycles. The van der Waals surface area contributed by atoms with Crippen molar-refractivity contribution in [2.45, 2.75) is 6.61 Å². The third-order valence-electron chi connectivity index (χ3n) is 4.00. The first-order valence-electron chi connectivity index (χ1n) is 8.92. The fourth-order valence-electron chi connectivity index (χ4n) is 2.55. The van der Waals surface area contributed by atoms with Crippen LogP contribution in [0, 0.1) is 0 Å². The molecule has 31 heavy (non-hydrogen) atoms. The summed E-state index contributed by atoms with van der Waals surface area (Å²) >= 11 is 0. The summed E-state index contributed by atoms with van der Waals surface area (Å²) < 4.78 is 39.2. The van der Waals surface area contributed by atoms with Gasteiger partial charge < -0.3 is 14.2 Å². The van der Waals surface area contributed by atoms with Crippen molar-refractivity contribution in [1.29, 1.82) is 0 Å². The normalized spacial score (nSPS) is 10.9. The Morgan fingerprint density at radius 3 is 2.32 bits per heavy atom. The van der Waals surface area contributed by atoms with E-state index in [-0.39, 0.29) is 11.4 Å². The Morgan fingerprint density at radius 2 is 1.71 bits per heavy atom. The number of amides is 1. The largest absolute Gasteiger partial charge is 0.497 e. The van der Waals surface area contributed by atoms with Gasteiger partial charge in [0, 0.05) is 17.2 Å². The summed E-state index contributed by atoms with van der Waals surface area (Å²) in [5.74, 6) is 0.605. The number of rotatable bonds is 8. The SMILES string of the molecule is COc1cc(/C=N/NC(=O)c2cncc(-c3ccc(OC(F)F)cc3)n2)cc(OC)c1. The highest BCUT2D eigenvalue weighted by atomic mass is 19.3. The first-order valence-corrected chi connectivity index (χ1v) is 8.92. The van der Waals surface area contributed by atoms with E-state index in [0.29, 0.717) is 28.3 Å². The van der Waals surface area contributed by atoms with E-state index in [1.807, 2.05) is 0 Å². The molecular weight excluding hydrogens is 410 g/mol. The zero-order valence-corrected chi connectivity index (χ0v) is 16.6. The average Bonchev–Trinajstić information content (AvgIpc) is 2.79. The summed E-state index contributed by atoms with van der Waals surface area (Å²) in [5, 5.41) is 3.92. The molecule has 1 amide bonds. The molecule has 0 aliphatic rings. The van der Waals surface area contributed by atoms with Gasteiger partial charge in [-0.2, -0.15) is 13.9 Å². The predicted octanol–water partition coefficient (Wildman–Crippen LogP) is 3.53. The molecule has 0 aliphatic carbocycles. The Bertz CT molecular complexity index is 1050. The van der Waals surface area contributed by atoms with E-state index in [9.17, 15) is 13.6 Å². The molecule has 0 atom stereocenters. The van der Waals surface area contributed by atoms with Crippen LogP contribution in [0.2, 0.25) is 0 Å².